The third-order valence-corrected chi connectivity index (χ3v) is 4.07. The summed E-state index contributed by atoms with van der Waals surface area (Å²) in [6, 6.07) is 0. The van der Waals surface area contributed by atoms with Crippen molar-refractivity contribution >= 4 is 5.97 Å². The fraction of sp³-hybridized carbons (Fsp3) is 0.917. The van der Waals surface area contributed by atoms with E-state index in [0.29, 0.717) is 6.54 Å². The maximum atomic E-state index is 11.1. The summed E-state index contributed by atoms with van der Waals surface area (Å²) < 4.78 is 5.48. The van der Waals surface area contributed by atoms with Gasteiger partial charge in [0.15, 0.2) is 0 Å². The van der Waals surface area contributed by atoms with Gasteiger partial charge in [0.1, 0.15) is 5.60 Å². The van der Waals surface area contributed by atoms with E-state index in [9.17, 15) is 4.79 Å². The van der Waals surface area contributed by atoms with E-state index in [2.05, 4.69) is 0 Å². The molecule has 0 aliphatic heterocycles. The first kappa shape index (κ1) is 10.9. The Kier molecular flexibility index (Phi) is 3.01. The first-order valence-electron chi connectivity index (χ1n) is 6.05. The number of ether oxygens (including phenoxy) is 1. The lowest BCUT2D eigenvalue weighted by Crippen LogP contribution is -2.40. The lowest BCUT2D eigenvalue weighted by Gasteiger charge is -2.27. The van der Waals surface area contributed by atoms with Crippen molar-refractivity contribution in [3.05, 3.63) is 0 Å². The van der Waals surface area contributed by atoms with Crippen molar-refractivity contribution in [1.29, 1.82) is 0 Å². The second kappa shape index (κ2) is 4.12. The van der Waals surface area contributed by atoms with E-state index in [4.69, 9.17) is 10.5 Å². The van der Waals surface area contributed by atoms with Gasteiger partial charge in [-0.2, -0.15) is 0 Å². The molecule has 2 N–H and O–H groups in total. The fourth-order valence-corrected chi connectivity index (χ4v) is 3.46. The topological polar surface area (TPSA) is 52.3 Å². The highest BCUT2D eigenvalue weighted by molar-refractivity contribution is 5.66. The molecular weight excluding hydrogens is 190 g/mol. The van der Waals surface area contributed by atoms with Crippen LogP contribution in [0.3, 0.4) is 0 Å². The Hall–Kier alpha value is -0.570. The Balaban J connectivity index is 2.05. The Bertz CT molecular complexity index is 238. The molecule has 3 nitrogen and oxygen atoms in total. The van der Waals surface area contributed by atoms with Crippen molar-refractivity contribution in [3.63, 3.8) is 0 Å². The maximum absolute atomic E-state index is 11.1. The van der Waals surface area contributed by atoms with Crippen LogP contribution in [0.1, 0.15) is 45.4 Å². The second-order valence-corrected chi connectivity index (χ2v) is 5.19. The SMILES string of the molecule is CC(=O)OC1(CN)CC2CCCCC2C1. The number of carbonyl (C=O) groups is 1. The number of nitrogens with two attached hydrogens (primary N) is 1. The predicted molar refractivity (Wildman–Crippen MR) is 58.2 cm³/mol. The van der Waals surface area contributed by atoms with E-state index in [0.717, 1.165) is 24.7 Å². The molecule has 0 aromatic heterocycles. The minimum absolute atomic E-state index is 0.181. The number of carbonyl (C=O) groups excluding carboxylic acids is 1. The minimum Gasteiger partial charge on any atom is -0.458 e. The van der Waals surface area contributed by atoms with Crippen LogP contribution < -0.4 is 5.73 Å². The van der Waals surface area contributed by atoms with E-state index < -0.39 is 0 Å². The summed E-state index contributed by atoms with van der Waals surface area (Å²) in [5.74, 6) is 1.32. The number of esters is 1. The van der Waals surface area contributed by atoms with Crippen LogP contribution in [0.5, 0.6) is 0 Å². The van der Waals surface area contributed by atoms with Gasteiger partial charge in [0.25, 0.3) is 0 Å². The molecule has 0 aromatic carbocycles. The minimum atomic E-state index is -0.328. The summed E-state index contributed by atoms with van der Waals surface area (Å²) in [6.45, 7) is 1.97. The van der Waals surface area contributed by atoms with Gasteiger partial charge >= 0.3 is 5.97 Å². The monoisotopic (exact) mass is 211 g/mol. The van der Waals surface area contributed by atoms with E-state index in [-0.39, 0.29) is 11.6 Å². The van der Waals surface area contributed by atoms with Crippen LogP contribution >= 0.6 is 0 Å². The molecule has 2 aliphatic carbocycles. The molecule has 0 spiro atoms. The lowest BCUT2D eigenvalue weighted by molar-refractivity contribution is -0.155. The molecule has 2 fully saturated rings. The quantitative estimate of drug-likeness (QED) is 0.709. The molecule has 3 heteroatoms. The van der Waals surface area contributed by atoms with E-state index in [1.165, 1.54) is 32.6 Å². The van der Waals surface area contributed by atoms with Crippen LogP contribution in [0.25, 0.3) is 0 Å². The maximum Gasteiger partial charge on any atom is 0.303 e. The zero-order valence-electron chi connectivity index (χ0n) is 9.50. The zero-order valence-corrected chi connectivity index (χ0v) is 9.50. The highest BCUT2D eigenvalue weighted by Crippen LogP contribution is 2.48. The number of hydrogen-bond donors (Lipinski definition) is 1. The summed E-state index contributed by atoms with van der Waals surface area (Å²) >= 11 is 0. The number of hydrogen-bond acceptors (Lipinski definition) is 3. The van der Waals surface area contributed by atoms with Crippen molar-refractivity contribution in [1.82, 2.24) is 0 Å². The molecule has 0 amide bonds. The van der Waals surface area contributed by atoms with Gasteiger partial charge in [-0.1, -0.05) is 25.7 Å². The van der Waals surface area contributed by atoms with Crippen molar-refractivity contribution in [2.45, 2.75) is 51.0 Å². The van der Waals surface area contributed by atoms with Crippen LogP contribution in [0.15, 0.2) is 0 Å². The summed E-state index contributed by atoms with van der Waals surface area (Å²) in [7, 11) is 0. The molecule has 0 radical (unpaired) electrons. The van der Waals surface area contributed by atoms with E-state index in [1.807, 2.05) is 0 Å². The Morgan fingerprint density at radius 3 is 2.27 bits per heavy atom. The van der Waals surface area contributed by atoms with Gasteiger partial charge < -0.3 is 10.5 Å². The number of fused-ring (bicyclic) bond motifs is 1. The molecule has 86 valence electrons. The largest absolute Gasteiger partial charge is 0.458 e. The molecule has 15 heavy (non-hydrogen) atoms. The molecule has 2 aliphatic rings. The Morgan fingerprint density at radius 1 is 1.33 bits per heavy atom. The molecular formula is C12H21NO2. The molecule has 2 rings (SSSR count). The lowest BCUT2D eigenvalue weighted by atomic mass is 9.82. The van der Waals surface area contributed by atoms with Gasteiger partial charge in [-0.25, -0.2) is 0 Å². The summed E-state index contributed by atoms with van der Waals surface area (Å²) in [5, 5.41) is 0. The van der Waals surface area contributed by atoms with Crippen LogP contribution in [-0.4, -0.2) is 18.1 Å². The molecule has 0 bridgehead atoms. The highest BCUT2D eigenvalue weighted by atomic mass is 16.6. The normalized spacial score (nSPS) is 39.9. The average molecular weight is 211 g/mol. The van der Waals surface area contributed by atoms with Gasteiger partial charge in [0, 0.05) is 13.5 Å². The van der Waals surface area contributed by atoms with Gasteiger partial charge in [-0.05, 0) is 24.7 Å². The van der Waals surface area contributed by atoms with Gasteiger partial charge in [-0.3, -0.25) is 4.79 Å². The first-order chi connectivity index (χ1) is 7.15. The molecule has 0 saturated heterocycles. The highest BCUT2D eigenvalue weighted by Gasteiger charge is 2.47. The molecule has 2 saturated carbocycles. The summed E-state index contributed by atoms with van der Waals surface area (Å²) in [4.78, 5) is 11.1. The average Bonchev–Trinajstić information content (AvgIpc) is 2.55. The third-order valence-electron chi connectivity index (χ3n) is 4.07. The molecule has 2 atom stereocenters. The Labute approximate surface area is 91.4 Å². The van der Waals surface area contributed by atoms with Gasteiger partial charge in [0.05, 0.1) is 0 Å². The number of rotatable bonds is 2. The Morgan fingerprint density at radius 2 is 1.87 bits per heavy atom. The standard InChI is InChI=1S/C12H21NO2/c1-9(14)15-12(8-13)6-10-4-2-3-5-11(10)7-12/h10-11H,2-8,13H2,1H3. The summed E-state index contributed by atoms with van der Waals surface area (Å²) in [5.41, 5.74) is 5.47. The van der Waals surface area contributed by atoms with Crippen molar-refractivity contribution in [2.24, 2.45) is 17.6 Å². The molecule has 0 aromatic rings. The second-order valence-electron chi connectivity index (χ2n) is 5.19. The van der Waals surface area contributed by atoms with Crippen molar-refractivity contribution in [3.8, 4) is 0 Å². The van der Waals surface area contributed by atoms with Gasteiger partial charge in [-0.15, -0.1) is 0 Å². The van der Waals surface area contributed by atoms with Gasteiger partial charge in [0.2, 0.25) is 0 Å². The van der Waals surface area contributed by atoms with Crippen LogP contribution in [0.2, 0.25) is 0 Å². The molecule has 2 unspecified atom stereocenters. The van der Waals surface area contributed by atoms with Crippen molar-refractivity contribution in [2.75, 3.05) is 6.54 Å². The van der Waals surface area contributed by atoms with E-state index in [1.54, 1.807) is 0 Å². The third kappa shape index (κ3) is 2.17. The smallest absolute Gasteiger partial charge is 0.303 e. The predicted octanol–water partition coefficient (Wildman–Crippen LogP) is 1.85. The van der Waals surface area contributed by atoms with Crippen LogP contribution in [0, 0.1) is 11.8 Å². The summed E-state index contributed by atoms with van der Waals surface area (Å²) in [6.07, 6.45) is 7.26. The van der Waals surface area contributed by atoms with Crippen LogP contribution in [0.4, 0.5) is 0 Å². The molecule has 0 heterocycles. The first-order valence-corrected chi connectivity index (χ1v) is 6.05. The zero-order chi connectivity index (χ0) is 10.9. The van der Waals surface area contributed by atoms with E-state index >= 15 is 0 Å². The van der Waals surface area contributed by atoms with Crippen molar-refractivity contribution < 1.29 is 9.53 Å². The fourth-order valence-electron chi connectivity index (χ4n) is 3.46. The van der Waals surface area contributed by atoms with Crippen LogP contribution in [-0.2, 0) is 9.53 Å².